The zero-order valence-electron chi connectivity index (χ0n) is 5.86. The molecule has 0 heterocycles. The van der Waals surface area contributed by atoms with Gasteiger partial charge in [-0.15, -0.1) is 0 Å². The van der Waals surface area contributed by atoms with E-state index in [1.54, 1.807) is 6.92 Å². The van der Waals surface area contributed by atoms with Crippen LogP contribution in [0.1, 0.15) is 19.8 Å². The van der Waals surface area contributed by atoms with Gasteiger partial charge in [0.1, 0.15) is 12.3 Å². The fourth-order valence-electron chi connectivity index (χ4n) is 1.24. The zero-order chi connectivity index (χ0) is 7.72. The molecule has 2 unspecified atom stereocenters. The van der Waals surface area contributed by atoms with Gasteiger partial charge in [0, 0.05) is 9.84 Å². The molecule has 1 rings (SSSR count). The first-order valence-corrected chi connectivity index (χ1v) is 4.78. The third-order valence-electron chi connectivity index (χ3n) is 2.10. The fourth-order valence-corrected chi connectivity index (χ4v) is 2.21. The summed E-state index contributed by atoms with van der Waals surface area (Å²) in [6.07, 6.45) is -0.791. The second kappa shape index (κ2) is 3.32. The molecule has 3 heteroatoms. The van der Waals surface area contributed by atoms with Crippen LogP contribution in [0.2, 0.25) is 0 Å². The van der Waals surface area contributed by atoms with Gasteiger partial charge in [-0.2, -0.15) is 0 Å². The van der Waals surface area contributed by atoms with E-state index in [1.807, 2.05) is 0 Å². The molecule has 0 amide bonds. The summed E-state index contributed by atoms with van der Waals surface area (Å²) in [6, 6.07) is 0. The van der Waals surface area contributed by atoms with Crippen molar-refractivity contribution in [3.63, 3.8) is 0 Å². The highest BCUT2D eigenvalue weighted by atomic mass is 127. The van der Waals surface area contributed by atoms with Gasteiger partial charge in [0.05, 0.1) is 0 Å². The second-order valence-corrected chi connectivity index (χ2v) is 4.72. The van der Waals surface area contributed by atoms with E-state index in [1.165, 1.54) is 0 Å². The van der Waals surface area contributed by atoms with E-state index in [9.17, 15) is 8.78 Å². The monoisotopic (exact) mass is 260 g/mol. The summed E-state index contributed by atoms with van der Waals surface area (Å²) >= 11 is 2.12. The Labute approximate surface area is 73.5 Å². The maximum atomic E-state index is 12.8. The van der Waals surface area contributed by atoms with Crippen LogP contribution in [0.3, 0.4) is 0 Å². The minimum absolute atomic E-state index is 0.193. The third kappa shape index (κ3) is 1.80. The van der Waals surface area contributed by atoms with Gasteiger partial charge in [0.25, 0.3) is 0 Å². The molecule has 0 spiro atoms. The molecule has 2 atom stereocenters. The predicted octanol–water partition coefficient (Wildman–Crippen LogP) is 2.90. The van der Waals surface area contributed by atoms with Crippen molar-refractivity contribution >= 4 is 22.6 Å². The zero-order valence-corrected chi connectivity index (χ0v) is 8.02. The molecular formula is C7H11F2I. The Morgan fingerprint density at radius 2 is 1.60 bits per heavy atom. The van der Waals surface area contributed by atoms with Gasteiger partial charge in [0.15, 0.2) is 0 Å². The molecule has 1 fully saturated rings. The number of alkyl halides is 3. The van der Waals surface area contributed by atoms with Gasteiger partial charge >= 0.3 is 0 Å². The van der Waals surface area contributed by atoms with Crippen molar-refractivity contribution in [2.45, 2.75) is 36.0 Å². The number of hydrogen-bond acceptors (Lipinski definition) is 0. The molecule has 0 aromatic heterocycles. The average molecular weight is 260 g/mol. The Bertz CT molecular complexity index is 106. The first kappa shape index (κ1) is 8.68. The topological polar surface area (TPSA) is 0 Å². The minimum atomic E-state index is -0.925. The maximum Gasteiger partial charge on any atom is 0.106 e. The molecule has 0 saturated heterocycles. The van der Waals surface area contributed by atoms with Crippen LogP contribution in [0.4, 0.5) is 8.78 Å². The van der Waals surface area contributed by atoms with E-state index in [4.69, 9.17) is 0 Å². The molecule has 0 radical (unpaired) electrons. The normalized spacial score (nSPS) is 49.2. The Balaban J connectivity index is 2.49. The van der Waals surface area contributed by atoms with Crippen molar-refractivity contribution in [2.75, 3.05) is 0 Å². The van der Waals surface area contributed by atoms with E-state index in [0.29, 0.717) is 12.8 Å². The van der Waals surface area contributed by atoms with E-state index in [0.717, 1.165) is 0 Å². The lowest BCUT2D eigenvalue weighted by Crippen LogP contribution is -2.33. The van der Waals surface area contributed by atoms with Crippen LogP contribution in [-0.4, -0.2) is 16.3 Å². The highest BCUT2D eigenvalue weighted by molar-refractivity contribution is 14.1. The molecule has 1 saturated carbocycles. The number of halogens is 3. The molecule has 0 bridgehead atoms. The van der Waals surface area contributed by atoms with Crippen LogP contribution in [0.5, 0.6) is 0 Å². The molecule has 0 N–H and O–H groups in total. The molecule has 0 aromatic rings. The van der Waals surface area contributed by atoms with Gasteiger partial charge < -0.3 is 0 Å². The van der Waals surface area contributed by atoms with Gasteiger partial charge in [-0.25, -0.2) is 8.78 Å². The molecule has 1 aliphatic carbocycles. The average Bonchev–Trinajstić information content (AvgIpc) is 1.82. The van der Waals surface area contributed by atoms with Gasteiger partial charge in [0.2, 0.25) is 0 Å². The smallest absolute Gasteiger partial charge is 0.106 e. The van der Waals surface area contributed by atoms with Gasteiger partial charge in [-0.3, -0.25) is 0 Å². The Hall–Kier alpha value is 0.590. The standard InChI is InChI=1S/C7H11F2I/c1-4-6(8)2-5(10)3-7(4)9/h4-7H,2-3H2,1H3. The molecule has 60 valence electrons. The molecule has 10 heavy (non-hydrogen) atoms. The molecule has 1 aliphatic rings. The van der Waals surface area contributed by atoms with Crippen LogP contribution in [0.25, 0.3) is 0 Å². The van der Waals surface area contributed by atoms with Crippen LogP contribution < -0.4 is 0 Å². The lowest BCUT2D eigenvalue weighted by atomic mass is 9.87. The summed E-state index contributed by atoms with van der Waals surface area (Å²) in [5.74, 6) is -0.383. The quantitative estimate of drug-likeness (QED) is 0.464. The lowest BCUT2D eigenvalue weighted by Gasteiger charge is -2.29. The predicted molar refractivity (Wildman–Crippen MR) is 46.0 cm³/mol. The first-order chi connectivity index (χ1) is 4.61. The van der Waals surface area contributed by atoms with Crippen LogP contribution in [0, 0.1) is 5.92 Å². The molecular weight excluding hydrogens is 249 g/mol. The van der Waals surface area contributed by atoms with Crippen LogP contribution in [-0.2, 0) is 0 Å². The van der Waals surface area contributed by atoms with E-state index < -0.39 is 12.3 Å². The fraction of sp³-hybridized carbons (Fsp3) is 1.00. The first-order valence-electron chi connectivity index (χ1n) is 3.53. The van der Waals surface area contributed by atoms with Crippen molar-refractivity contribution in [2.24, 2.45) is 5.92 Å². The second-order valence-electron chi connectivity index (χ2n) is 2.96. The van der Waals surface area contributed by atoms with E-state index >= 15 is 0 Å². The summed E-state index contributed by atoms with van der Waals surface area (Å²) in [5.41, 5.74) is 0. The lowest BCUT2D eigenvalue weighted by molar-refractivity contribution is 0.0945. The van der Waals surface area contributed by atoms with Crippen LogP contribution in [0.15, 0.2) is 0 Å². The Morgan fingerprint density at radius 3 is 2.00 bits per heavy atom. The highest BCUT2D eigenvalue weighted by Crippen LogP contribution is 2.33. The highest BCUT2D eigenvalue weighted by Gasteiger charge is 2.33. The summed E-state index contributed by atoms with van der Waals surface area (Å²) in [7, 11) is 0. The van der Waals surface area contributed by atoms with Crippen molar-refractivity contribution in [3.05, 3.63) is 0 Å². The number of hydrogen-bond donors (Lipinski definition) is 0. The number of rotatable bonds is 0. The van der Waals surface area contributed by atoms with Crippen molar-refractivity contribution in [1.82, 2.24) is 0 Å². The molecule has 0 aromatic carbocycles. The van der Waals surface area contributed by atoms with Crippen molar-refractivity contribution < 1.29 is 8.78 Å². The van der Waals surface area contributed by atoms with E-state index in [2.05, 4.69) is 22.6 Å². The third-order valence-corrected chi connectivity index (χ3v) is 3.12. The van der Waals surface area contributed by atoms with Gasteiger partial charge in [-0.05, 0) is 12.8 Å². The summed E-state index contributed by atoms with van der Waals surface area (Å²) < 4.78 is 25.9. The summed E-state index contributed by atoms with van der Waals surface area (Å²) in [4.78, 5) is 0. The molecule has 0 nitrogen and oxygen atoms in total. The maximum absolute atomic E-state index is 12.8. The summed E-state index contributed by atoms with van der Waals surface area (Å²) in [6.45, 7) is 1.65. The Kier molecular flexibility index (Phi) is 2.89. The largest absolute Gasteiger partial charge is 0.247 e. The van der Waals surface area contributed by atoms with Gasteiger partial charge in [-0.1, -0.05) is 29.5 Å². The van der Waals surface area contributed by atoms with Crippen LogP contribution >= 0.6 is 22.6 Å². The Morgan fingerprint density at radius 1 is 1.20 bits per heavy atom. The SMILES string of the molecule is CC1C(F)CC(I)CC1F. The minimum Gasteiger partial charge on any atom is -0.247 e. The van der Waals surface area contributed by atoms with Crippen molar-refractivity contribution in [3.8, 4) is 0 Å². The van der Waals surface area contributed by atoms with Crippen molar-refractivity contribution in [1.29, 1.82) is 0 Å². The molecule has 0 aliphatic heterocycles. The van der Waals surface area contributed by atoms with E-state index in [-0.39, 0.29) is 9.84 Å². The summed E-state index contributed by atoms with van der Waals surface area (Å²) in [5, 5.41) is 0.